The average Bonchev–Trinajstić information content (AvgIpc) is 2.97. The van der Waals surface area contributed by atoms with Gasteiger partial charge in [0.1, 0.15) is 5.84 Å². The number of carbonyl (C=O) groups is 2. The first-order valence-corrected chi connectivity index (χ1v) is 8.35. The van der Waals surface area contributed by atoms with Crippen molar-refractivity contribution in [2.45, 2.75) is 51.1 Å². The Bertz CT molecular complexity index is 449. The van der Waals surface area contributed by atoms with E-state index in [1.54, 1.807) is 7.05 Å². The summed E-state index contributed by atoms with van der Waals surface area (Å²) in [6, 6.07) is 0.282. The summed E-state index contributed by atoms with van der Waals surface area (Å²) in [4.78, 5) is 27.9. The highest BCUT2D eigenvalue weighted by Crippen LogP contribution is 2.27. The number of methoxy groups -OCH3 is 1. The van der Waals surface area contributed by atoms with Crippen LogP contribution in [0.4, 0.5) is 4.79 Å². The number of aliphatic imine (C=N–C) groups is 1. The quantitative estimate of drug-likeness (QED) is 0.583. The molecule has 2 atom stereocenters. The van der Waals surface area contributed by atoms with Crippen LogP contribution in [0.25, 0.3) is 0 Å². The molecule has 2 amide bonds. The fourth-order valence-electron chi connectivity index (χ4n) is 3.15. The zero-order chi connectivity index (χ0) is 18.1. The third-order valence-corrected chi connectivity index (χ3v) is 4.56. The van der Waals surface area contributed by atoms with Crippen molar-refractivity contribution in [3.63, 3.8) is 0 Å². The SMILES string of the molecule is CN=C(N)C1CCC(C)N1C(=O)CC1CCOCC1.COC(N)=O. The van der Waals surface area contributed by atoms with Gasteiger partial charge >= 0.3 is 6.09 Å². The van der Waals surface area contributed by atoms with E-state index in [1.807, 2.05) is 4.90 Å². The van der Waals surface area contributed by atoms with Gasteiger partial charge < -0.3 is 25.8 Å². The molecule has 2 unspecified atom stereocenters. The third kappa shape index (κ3) is 5.99. The summed E-state index contributed by atoms with van der Waals surface area (Å²) >= 11 is 0. The molecule has 24 heavy (non-hydrogen) atoms. The molecule has 0 saturated carbocycles. The maximum atomic E-state index is 12.5. The summed E-state index contributed by atoms with van der Waals surface area (Å²) in [6.07, 6.45) is 3.82. The first-order valence-electron chi connectivity index (χ1n) is 8.35. The standard InChI is InChI=1S/C14H25N3O2.C2H5NO2/c1-10-3-4-12(14(15)16-2)17(10)13(18)9-11-5-7-19-8-6-11;1-5-2(3)4/h10-12H,3-9H2,1-2H3,(H2,15,16);1H3,(H2,3,4). The number of nitrogens with zero attached hydrogens (tertiary/aromatic N) is 2. The Labute approximate surface area is 143 Å². The molecule has 0 radical (unpaired) electrons. The second-order valence-corrected chi connectivity index (χ2v) is 6.17. The van der Waals surface area contributed by atoms with E-state index in [9.17, 15) is 9.59 Å². The minimum Gasteiger partial charge on any atom is -0.453 e. The Morgan fingerprint density at radius 2 is 1.79 bits per heavy atom. The van der Waals surface area contributed by atoms with Crippen LogP contribution in [-0.2, 0) is 14.3 Å². The number of amides is 2. The second kappa shape index (κ2) is 10.1. The van der Waals surface area contributed by atoms with Crippen LogP contribution in [0.15, 0.2) is 4.99 Å². The zero-order valence-electron chi connectivity index (χ0n) is 14.9. The zero-order valence-corrected chi connectivity index (χ0v) is 14.9. The molecule has 0 aliphatic carbocycles. The summed E-state index contributed by atoms with van der Waals surface area (Å²) in [7, 11) is 2.92. The molecule has 0 aromatic heterocycles. The Morgan fingerprint density at radius 1 is 1.21 bits per heavy atom. The lowest BCUT2D eigenvalue weighted by atomic mass is 9.95. The molecule has 8 heteroatoms. The lowest BCUT2D eigenvalue weighted by Crippen LogP contribution is -2.47. The topological polar surface area (TPSA) is 120 Å². The van der Waals surface area contributed by atoms with Gasteiger partial charge in [-0.25, -0.2) is 4.79 Å². The second-order valence-electron chi connectivity index (χ2n) is 6.17. The molecule has 2 aliphatic rings. The average molecular weight is 342 g/mol. The minimum atomic E-state index is -0.745. The van der Waals surface area contributed by atoms with E-state index in [0.717, 1.165) is 38.9 Å². The smallest absolute Gasteiger partial charge is 0.404 e. The number of ether oxygens (including phenoxy) is 2. The van der Waals surface area contributed by atoms with E-state index in [4.69, 9.17) is 10.5 Å². The van der Waals surface area contributed by atoms with Crippen LogP contribution >= 0.6 is 0 Å². The van der Waals surface area contributed by atoms with E-state index in [0.29, 0.717) is 18.2 Å². The number of primary amides is 1. The van der Waals surface area contributed by atoms with Gasteiger partial charge in [-0.1, -0.05) is 0 Å². The third-order valence-electron chi connectivity index (χ3n) is 4.56. The van der Waals surface area contributed by atoms with Crippen molar-refractivity contribution in [2.24, 2.45) is 22.4 Å². The number of nitrogens with two attached hydrogens (primary N) is 2. The lowest BCUT2D eigenvalue weighted by molar-refractivity contribution is -0.134. The lowest BCUT2D eigenvalue weighted by Gasteiger charge is -2.30. The van der Waals surface area contributed by atoms with Crippen molar-refractivity contribution in [2.75, 3.05) is 27.4 Å². The highest BCUT2D eigenvalue weighted by molar-refractivity contribution is 5.91. The van der Waals surface area contributed by atoms with Gasteiger partial charge in [0.05, 0.1) is 13.2 Å². The number of hydrogen-bond acceptors (Lipinski definition) is 5. The van der Waals surface area contributed by atoms with Gasteiger partial charge in [-0.05, 0) is 38.5 Å². The van der Waals surface area contributed by atoms with E-state index < -0.39 is 6.09 Å². The van der Waals surface area contributed by atoms with Gasteiger partial charge in [0.15, 0.2) is 0 Å². The number of carbonyl (C=O) groups excluding carboxylic acids is 2. The fourth-order valence-corrected chi connectivity index (χ4v) is 3.15. The molecule has 2 fully saturated rings. The van der Waals surface area contributed by atoms with Crippen LogP contribution in [0.2, 0.25) is 0 Å². The molecule has 0 aromatic carbocycles. The van der Waals surface area contributed by atoms with Gasteiger partial charge in [0.25, 0.3) is 0 Å². The predicted molar refractivity (Wildman–Crippen MR) is 91.6 cm³/mol. The molecule has 0 aromatic rings. The van der Waals surface area contributed by atoms with Crippen LogP contribution in [0.1, 0.15) is 39.0 Å². The van der Waals surface area contributed by atoms with Crippen molar-refractivity contribution >= 4 is 17.8 Å². The minimum absolute atomic E-state index is 0.00680. The van der Waals surface area contributed by atoms with E-state index >= 15 is 0 Å². The Morgan fingerprint density at radius 3 is 2.29 bits per heavy atom. The Kier molecular flexibility index (Phi) is 8.53. The van der Waals surface area contributed by atoms with Crippen LogP contribution in [0.3, 0.4) is 0 Å². The number of amidine groups is 1. The Balaban J connectivity index is 0.000000505. The normalized spacial score (nSPS) is 25.0. The van der Waals surface area contributed by atoms with Gasteiger partial charge in [-0.15, -0.1) is 0 Å². The van der Waals surface area contributed by atoms with Crippen molar-refractivity contribution in [1.29, 1.82) is 0 Å². The van der Waals surface area contributed by atoms with E-state index in [2.05, 4.69) is 22.4 Å². The van der Waals surface area contributed by atoms with Gasteiger partial charge in [-0.3, -0.25) is 9.79 Å². The molecule has 2 heterocycles. The molecule has 138 valence electrons. The van der Waals surface area contributed by atoms with Crippen molar-refractivity contribution in [3.05, 3.63) is 0 Å². The molecule has 0 bridgehead atoms. The maximum Gasteiger partial charge on any atom is 0.404 e. The maximum absolute atomic E-state index is 12.5. The summed E-state index contributed by atoms with van der Waals surface area (Å²) < 4.78 is 9.23. The monoisotopic (exact) mass is 342 g/mol. The molecule has 2 rings (SSSR count). The van der Waals surface area contributed by atoms with Gasteiger partial charge in [0.2, 0.25) is 5.91 Å². The molecule has 2 aliphatic heterocycles. The van der Waals surface area contributed by atoms with Gasteiger partial charge in [0, 0.05) is 32.7 Å². The summed E-state index contributed by atoms with van der Waals surface area (Å²) in [5, 5.41) is 0. The Hall–Kier alpha value is -1.83. The summed E-state index contributed by atoms with van der Waals surface area (Å²) in [5.41, 5.74) is 10.4. The first-order chi connectivity index (χ1) is 11.4. The number of likely N-dealkylation sites (tertiary alicyclic amines) is 1. The number of hydrogen-bond donors (Lipinski definition) is 2. The van der Waals surface area contributed by atoms with Crippen LogP contribution in [-0.4, -0.2) is 62.2 Å². The molecule has 4 N–H and O–H groups in total. The molecule has 8 nitrogen and oxygen atoms in total. The van der Waals surface area contributed by atoms with Crippen LogP contribution in [0.5, 0.6) is 0 Å². The fraction of sp³-hybridized carbons (Fsp3) is 0.812. The highest BCUT2D eigenvalue weighted by atomic mass is 16.5. The predicted octanol–water partition coefficient (Wildman–Crippen LogP) is 0.881. The summed E-state index contributed by atoms with van der Waals surface area (Å²) in [5.74, 6) is 1.28. The van der Waals surface area contributed by atoms with Crippen molar-refractivity contribution < 1.29 is 19.1 Å². The van der Waals surface area contributed by atoms with Crippen molar-refractivity contribution in [1.82, 2.24) is 4.90 Å². The molecule has 0 spiro atoms. The van der Waals surface area contributed by atoms with Crippen molar-refractivity contribution in [3.8, 4) is 0 Å². The number of rotatable bonds is 3. The largest absolute Gasteiger partial charge is 0.453 e. The van der Waals surface area contributed by atoms with E-state index in [1.165, 1.54) is 7.11 Å². The first kappa shape index (κ1) is 20.2. The highest BCUT2D eigenvalue weighted by Gasteiger charge is 2.37. The van der Waals surface area contributed by atoms with Gasteiger partial charge in [-0.2, -0.15) is 0 Å². The van der Waals surface area contributed by atoms with E-state index in [-0.39, 0.29) is 18.0 Å². The van der Waals surface area contributed by atoms with Crippen LogP contribution < -0.4 is 11.5 Å². The molecule has 2 saturated heterocycles. The molecular formula is C16H30N4O4. The van der Waals surface area contributed by atoms with Crippen LogP contribution in [0, 0.1) is 5.92 Å². The summed E-state index contributed by atoms with van der Waals surface area (Å²) in [6.45, 7) is 3.68. The molecular weight excluding hydrogens is 312 g/mol.